The van der Waals surface area contributed by atoms with Crippen LogP contribution in [0.25, 0.3) is 10.4 Å². The lowest BCUT2D eigenvalue weighted by Gasteiger charge is -2.23. The highest BCUT2D eigenvalue weighted by atomic mass is 16.4. The fourth-order valence-electron chi connectivity index (χ4n) is 0.860. The summed E-state index contributed by atoms with van der Waals surface area (Å²) in [7, 11) is 0. The van der Waals surface area contributed by atoms with Crippen molar-refractivity contribution < 1.29 is 30.3 Å². The van der Waals surface area contributed by atoms with E-state index in [2.05, 4.69) is 10.0 Å². The van der Waals surface area contributed by atoms with Crippen LogP contribution < -0.4 is 0 Å². The van der Waals surface area contributed by atoms with E-state index in [1.165, 1.54) is 0 Å². The number of carboxylic acid groups (broad SMARTS) is 1. The second-order valence-corrected chi connectivity index (χ2v) is 2.72. The molecule has 4 unspecified atom stereocenters. The summed E-state index contributed by atoms with van der Waals surface area (Å²) in [5, 5.41) is 46.9. The normalized spacial score (nSPS) is 18.4. The highest BCUT2D eigenvalue weighted by Gasteiger charge is 2.34. The molecule has 0 saturated carbocycles. The first-order valence-electron chi connectivity index (χ1n) is 3.87. The molecule has 0 aliphatic carbocycles. The monoisotopic (exact) mass is 221 g/mol. The third-order valence-corrected chi connectivity index (χ3v) is 1.69. The van der Waals surface area contributed by atoms with Gasteiger partial charge in [0.15, 0.2) is 6.10 Å². The maximum atomic E-state index is 10.3. The predicted molar refractivity (Wildman–Crippen MR) is 45.7 cm³/mol. The number of carbonyl (C=O) groups is 1. The minimum Gasteiger partial charge on any atom is -0.479 e. The molecule has 4 atom stereocenters. The number of carboxylic acids is 1. The molecule has 0 aromatic rings. The van der Waals surface area contributed by atoms with E-state index in [-0.39, 0.29) is 0 Å². The Morgan fingerprint density at radius 3 is 2.27 bits per heavy atom. The van der Waals surface area contributed by atoms with E-state index in [0.29, 0.717) is 0 Å². The van der Waals surface area contributed by atoms with Crippen LogP contribution in [0, 0.1) is 0 Å². The zero-order chi connectivity index (χ0) is 12.0. The van der Waals surface area contributed by atoms with Crippen molar-refractivity contribution in [2.24, 2.45) is 5.11 Å². The molecule has 0 fully saturated rings. The lowest BCUT2D eigenvalue weighted by Crippen LogP contribution is -2.47. The van der Waals surface area contributed by atoms with Gasteiger partial charge in [-0.3, -0.25) is 0 Å². The summed E-state index contributed by atoms with van der Waals surface area (Å²) in [5.74, 6) is -1.71. The van der Waals surface area contributed by atoms with Crippen molar-refractivity contribution in [3.05, 3.63) is 10.4 Å². The summed E-state index contributed by atoms with van der Waals surface area (Å²) in [4.78, 5) is 12.6. The minimum atomic E-state index is -2.16. The Labute approximate surface area is 83.8 Å². The van der Waals surface area contributed by atoms with E-state index in [4.69, 9.17) is 26.0 Å². The number of azide groups is 1. The molecule has 9 heteroatoms. The van der Waals surface area contributed by atoms with Crippen molar-refractivity contribution in [2.75, 3.05) is 6.61 Å². The predicted octanol–water partition coefficient (Wildman–Crippen LogP) is -2.18. The summed E-state index contributed by atoms with van der Waals surface area (Å²) in [5.41, 5.74) is 8.07. The molecule has 0 spiro atoms. The Hall–Kier alpha value is -1.38. The average Bonchev–Trinajstić information content (AvgIpc) is 2.22. The standard InChI is InChI=1S/C6H11N3O6/c7-9-8-3(5(13)6(14)15)4(12)2(11)1-10/h2-5,10-13H,1H2,(H,14,15). The van der Waals surface area contributed by atoms with Gasteiger partial charge in [0.2, 0.25) is 0 Å². The van der Waals surface area contributed by atoms with Gasteiger partial charge < -0.3 is 25.5 Å². The number of hydrogen-bond acceptors (Lipinski definition) is 6. The molecule has 0 aliphatic heterocycles. The first-order chi connectivity index (χ1) is 6.95. The van der Waals surface area contributed by atoms with Crippen LogP contribution >= 0.6 is 0 Å². The first-order valence-corrected chi connectivity index (χ1v) is 3.87. The van der Waals surface area contributed by atoms with Crippen molar-refractivity contribution in [3.63, 3.8) is 0 Å². The molecule has 0 amide bonds. The topological polar surface area (TPSA) is 167 Å². The van der Waals surface area contributed by atoms with Gasteiger partial charge in [-0.1, -0.05) is 5.11 Å². The zero-order valence-corrected chi connectivity index (χ0v) is 7.50. The van der Waals surface area contributed by atoms with Crippen molar-refractivity contribution in [2.45, 2.75) is 24.4 Å². The van der Waals surface area contributed by atoms with Gasteiger partial charge in [-0.05, 0) is 5.53 Å². The van der Waals surface area contributed by atoms with Crippen LogP contribution in [0.15, 0.2) is 5.11 Å². The summed E-state index contributed by atoms with van der Waals surface area (Å²) >= 11 is 0. The molecular weight excluding hydrogens is 210 g/mol. The molecule has 86 valence electrons. The van der Waals surface area contributed by atoms with E-state index in [1.54, 1.807) is 0 Å². The molecule has 0 radical (unpaired) electrons. The van der Waals surface area contributed by atoms with Crippen molar-refractivity contribution >= 4 is 5.97 Å². The van der Waals surface area contributed by atoms with Gasteiger partial charge in [-0.2, -0.15) is 0 Å². The zero-order valence-electron chi connectivity index (χ0n) is 7.50. The third kappa shape index (κ3) is 3.70. The lowest BCUT2D eigenvalue weighted by molar-refractivity contribution is -0.151. The largest absolute Gasteiger partial charge is 0.479 e. The maximum absolute atomic E-state index is 10.3. The number of aliphatic carboxylic acids is 1. The highest BCUT2D eigenvalue weighted by molar-refractivity contribution is 5.73. The molecular formula is C6H11N3O6. The van der Waals surface area contributed by atoms with Crippen LogP contribution in [0.4, 0.5) is 0 Å². The van der Waals surface area contributed by atoms with Gasteiger partial charge in [-0.15, -0.1) is 0 Å². The number of hydrogen-bond donors (Lipinski definition) is 5. The maximum Gasteiger partial charge on any atom is 0.333 e. The summed E-state index contributed by atoms with van der Waals surface area (Å²) < 4.78 is 0. The minimum absolute atomic E-state index is 0.856. The highest BCUT2D eigenvalue weighted by Crippen LogP contribution is 2.10. The average molecular weight is 221 g/mol. The fourth-order valence-corrected chi connectivity index (χ4v) is 0.860. The molecule has 0 saturated heterocycles. The van der Waals surface area contributed by atoms with E-state index in [9.17, 15) is 9.90 Å². The van der Waals surface area contributed by atoms with E-state index in [1.807, 2.05) is 0 Å². The van der Waals surface area contributed by atoms with Gasteiger partial charge in [0.1, 0.15) is 12.1 Å². The van der Waals surface area contributed by atoms with Gasteiger partial charge in [0.05, 0.1) is 12.7 Å². The van der Waals surface area contributed by atoms with Crippen LogP contribution in [-0.4, -0.2) is 62.5 Å². The number of aliphatic hydroxyl groups is 4. The van der Waals surface area contributed by atoms with Crippen LogP contribution in [0.5, 0.6) is 0 Å². The number of nitrogens with zero attached hydrogens (tertiary/aromatic N) is 3. The lowest BCUT2D eigenvalue weighted by atomic mass is 10.0. The Kier molecular flexibility index (Phi) is 5.60. The van der Waals surface area contributed by atoms with Gasteiger partial charge >= 0.3 is 5.97 Å². The van der Waals surface area contributed by atoms with Gasteiger partial charge in [-0.25, -0.2) is 4.79 Å². The summed E-state index contributed by atoms with van der Waals surface area (Å²) in [6, 6.07) is -1.77. The fraction of sp³-hybridized carbons (Fsp3) is 0.833. The molecule has 15 heavy (non-hydrogen) atoms. The first kappa shape index (κ1) is 13.6. The second-order valence-electron chi connectivity index (χ2n) is 2.72. The molecule has 0 bridgehead atoms. The van der Waals surface area contributed by atoms with E-state index in [0.717, 1.165) is 0 Å². The van der Waals surface area contributed by atoms with Gasteiger partial charge in [0.25, 0.3) is 0 Å². The molecule has 0 heterocycles. The van der Waals surface area contributed by atoms with Crippen LogP contribution in [0.3, 0.4) is 0 Å². The molecule has 0 aromatic carbocycles. The Bertz CT molecular complexity index is 266. The molecule has 0 aromatic heterocycles. The summed E-state index contributed by atoms with van der Waals surface area (Å²) in [6.07, 6.45) is -5.72. The van der Waals surface area contributed by atoms with E-state index < -0.39 is 36.9 Å². The summed E-state index contributed by atoms with van der Waals surface area (Å²) in [6.45, 7) is -0.856. The van der Waals surface area contributed by atoms with Crippen molar-refractivity contribution in [3.8, 4) is 0 Å². The van der Waals surface area contributed by atoms with Crippen LogP contribution in [0.1, 0.15) is 0 Å². The van der Waals surface area contributed by atoms with Crippen LogP contribution in [0.2, 0.25) is 0 Å². The second kappa shape index (κ2) is 6.17. The number of rotatable bonds is 6. The van der Waals surface area contributed by atoms with Crippen molar-refractivity contribution in [1.29, 1.82) is 0 Å². The molecule has 9 nitrogen and oxygen atoms in total. The number of aliphatic hydroxyl groups excluding tert-OH is 4. The van der Waals surface area contributed by atoms with E-state index >= 15 is 0 Å². The Balaban J connectivity index is 4.79. The smallest absolute Gasteiger partial charge is 0.333 e. The van der Waals surface area contributed by atoms with Crippen molar-refractivity contribution in [1.82, 2.24) is 0 Å². The third-order valence-electron chi connectivity index (χ3n) is 1.69. The molecule has 0 aliphatic rings. The van der Waals surface area contributed by atoms with Gasteiger partial charge in [0, 0.05) is 4.91 Å². The SMILES string of the molecule is [N-]=[N+]=NC(C(O)C(=O)O)C(O)C(O)CO. The molecule has 0 rings (SSSR count). The molecule has 5 N–H and O–H groups in total. The van der Waals surface area contributed by atoms with Crippen LogP contribution in [-0.2, 0) is 4.79 Å². The Morgan fingerprint density at radius 2 is 1.93 bits per heavy atom. The quantitative estimate of drug-likeness (QED) is 0.194. The Morgan fingerprint density at radius 1 is 1.40 bits per heavy atom.